The van der Waals surface area contributed by atoms with Gasteiger partial charge in [0.2, 0.25) is 5.91 Å². The second-order valence-corrected chi connectivity index (χ2v) is 6.20. The van der Waals surface area contributed by atoms with Gasteiger partial charge in [-0.1, -0.05) is 19.1 Å². The van der Waals surface area contributed by atoms with Crippen LogP contribution in [-0.4, -0.2) is 59.9 Å². The van der Waals surface area contributed by atoms with E-state index >= 15 is 0 Å². The summed E-state index contributed by atoms with van der Waals surface area (Å²) in [6.45, 7) is 7.60. The molecule has 0 bridgehead atoms. The van der Waals surface area contributed by atoms with E-state index in [4.69, 9.17) is 10.5 Å². The lowest BCUT2D eigenvalue weighted by Gasteiger charge is -2.36. The van der Waals surface area contributed by atoms with Crippen molar-refractivity contribution in [3.8, 4) is 5.75 Å². The van der Waals surface area contributed by atoms with Gasteiger partial charge in [0, 0.05) is 26.2 Å². The van der Waals surface area contributed by atoms with Crippen molar-refractivity contribution in [3.63, 3.8) is 0 Å². The predicted octanol–water partition coefficient (Wildman–Crippen LogP) is 1.03. The fourth-order valence-electron chi connectivity index (χ4n) is 2.75. The number of hydrogen-bond donors (Lipinski definition) is 1. The molecule has 0 saturated carbocycles. The van der Waals surface area contributed by atoms with Crippen LogP contribution in [-0.2, 0) is 16.0 Å². The van der Waals surface area contributed by atoms with E-state index in [1.54, 1.807) is 23.6 Å². The Morgan fingerprint density at radius 3 is 2.00 bits per heavy atom. The van der Waals surface area contributed by atoms with Gasteiger partial charge in [0.1, 0.15) is 5.75 Å². The molecule has 1 aromatic rings. The SMILES string of the molecule is CCc1ccc(OC(C)C(=O)N2CCN(C(=O)[C@H](C)N)CC2)cc1. The fraction of sp³-hybridized carbons (Fsp3) is 0.556. The normalized spacial score (nSPS) is 17.3. The maximum Gasteiger partial charge on any atom is 0.263 e. The molecule has 0 radical (unpaired) electrons. The highest BCUT2D eigenvalue weighted by atomic mass is 16.5. The van der Waals surface area contributed by atoms with Gasteiger partial charge in [0.05, 0.1) is 6.04 Å². The maximum absolute atomic E-state index is 12.5. The number of benzene rings is 1. The zero-order chi connectivity index (χ0) is 17.7. The van der Waals surface area contributed by atoms with Crippen molar-refractivity contribution in [1.82, 2.24) is 9.80 Å². The minimum atomic E-state index is -0.548. The molecule has 6 heteroatoms. The summed E-state index contributed by atoms with van der Waals surface area (Å²) in [6.07, 6.45) is 0.423. The number of aryl methyl sites for hydroxylation is 1. The second kappa shape index (κ2) is 8.15. The van der Waals surface area contributed by atoms with Gasteiger partial charge in [-0.2, -0.15) is 0 Å². The van der Waals surface area contributed by atoms with Crippen LogP contribution in [0.4, 0.5) is 0 Å². The average Bonchev–Trinajstić information content (AvgIpc) is 2.61. The highest BCUT2D eigenvalue weighted by Crippen LogP contribution is 2.15. The van der Waals surface area contributed by atoms with Crippen molar-refractivity contribution < 1.29 is 14.3 Å². The maximum atomic E-state index is 12.5. The summed E-state index contributed by atoms with van der Waals surface area (Å²) in [5.74, 6) is 0.573. The average molecular weight is 333 g/mol. The molecule has 1 aliphatic rings. The summed E-state index contributed by atoms with van der Waals surface area (Å²) in [5.41, 5.74) is 6.86. The largest absolute Gasteiger partial charge is 0.481 e. The quantitative estimate of drug-likeness (QED) is 0.873. The van der Waals surface area contributed by atoms with Gasteiger partial charge in [-0.25, -0.2) is 0 Å². The van der Waals surface area contributed by atoms with Crippen LogP contribution in [0, 0.1) is 0 Å². The summed E-state index contributed by atoms with van der Waals surface area (Å²) < 4.78 is 5.75. The van der Waals surface area contributed by atoms with Crippen LogP contribution in [0.2, 0.25) is 0 Å². The molecular formula is C18H27N3O3. The highest BCUT2D eigenvalue weighted by Gasteiger charge is 2.28. The Hall–Kier alpha value is -2.08. The second-order valence-electron chi connectivity index (χ2n) is 6.20. The van der Waals surface area contributed by atoms with E-state index in [0.717, 1.165) is 6.42 Å². The molecular weight excluding hydrogens is 306 g/mol. The van der Waals surface area contributed by atoms with E-state index in [9.17, 15) is 9.59 Å². The van der Waals surface area contributed by atoms with Gasteiger partial charge < -0.3 is 20.3 Å². The molecule has 2 atom stereocenters. The minimum absolute atomic E-state index is 0.0533. The van der Waals surface area contributed by atoms with Crippen LogP contribution >= 0.6 is 0 Å². The monoisotopic (exact) mass is 333 g/mol. The van der Waals surface area contributed by atoms with Gasteiger partial charge in [0.25, 0.3) is 5.91 Å². The first-order chi connectivity index (χ1) is 11.4. The van der Waals surface area contributed by atoms with Crippen LogP contribution in [0.3, 0.4) is 0 Å². The van der Waals surface area contributed by atoms with Gasteiger partial charge in [-0.3, -0.25) is 9.59 Å². The molecule has 1 fully saturated rings. The molecule has 24 heavy (non-hydrogen) atoms. The summed E-state index contributed by atoms with van der Waals surface area (Å²) in [7, 11) is 0. The van der Waals surface area contributed by atoms with Crippen molar-refractivity contribution in [2.45, 2.75) is 39.3 Å². The Labute approximate surface area is 143 Å². The number of nitrogens with two attached hydrogens (primary N) is 1. The van der Waals surface area contributed by atoms with Crippen LogP contribution in [0.1, 0.15) is 26.3 Å². The van der Waals surface area contributed by atoms with E-state index in [2.05, 4.69) is 6.92 Å². The summed E-state index contributed by atoms with van der Waals surface area (Å²) in [6, 6.07) is 7.29. The molecule has 1 heterocycles. The standard InChI is InChI=1S/C18H27N3O3/c1-4-15-5-7-16(8-6-15)24-14(3)18(23)21-11-9-20(10-12-21)17(22)13(2)19/h5-8,13-14H,4,9-12,19H2,1-3H3/t13-,14?/m0/s1. The lowest BCUT2D eigenvalue weighted by molar-refractivity contribution is -0.144. The van der Waals surface area contributed by atoms with E-state index in [-0.39, 0.29) is 11.8 Å². The Morgan fingerprint density at radius 1 is 1.04 bits per heavy atom. The Bertz CT molecular complexity index is 563. The lowest BCUT2D eigenvalue weighted by Crippen LogP contribution is -2.55. The number of nitrogens with zero attached hydrogens (tertiary/aromatic N) is 2. The molecule has 2 N–H and O–H groups in total. The van der Waals surface area contributed by atoms with Crippen LogP contribution < -0.4 is 10.5 Å². The number of hydrogen-bond acceptors (Lipinski definition) is 4. The smallest absolute Gasteiger partial charge is 0.263 e. The van der Waals surface area contributed by atoms with Crippen LogP contribution in [0.15, 0.2) is 24.3 Å². The predicted molar refractivity (Wildman–Crippen MR) is 92.7 cm³/mol. The Kier molecular flexibility index (Phi) is 6.20. The number of ether oxygens (including phenoxy) is 1. The first kappa shape index (κ1) is 18.3. The minimum Gasteiger partial charge on any atom is -0.481 e. The molecule has 1 aromatic carbocycles. The number of carbonyl (C=O) groups excluding carboxylic acids is 2. The van der Waals surface area contributed by atoms with Crippen LogP contribution in [0.25, 0.3) is 0 Å². The van der Waals surface area contributed by atoms with E-state index in [1.807, 2.05) is 24.3 Å². The molecule has 0 aliphatic carbocycles. The molecule has 6 nitrogen and oxygen atoms in total. The third kappa shape index (κ3) is 4.47. The molecule has 0 aromatic heterocycles. The number of rotatable bonds is 5. The molecule has 132 valence electrons. The zero-order valence-corrected chi connectivity index (χ0v) is 14.7. The topological polar surface area (TPSA) is 75.9 Å². The molecule has 2 amide bonds. The number of amides is 2. The Balaban J connectivity index is 1.86. The first-order valence-corrected chi connectivity index (χ1v) is 8.51. The van der Waals surface area contributed by atoms with Gasteiger partial charge in [-0.15, -0.1) is 0 Å². The van der Waals surface area contributed by atoms with Gasteiger partial charge >= 0.3 is 0 Å². The van der Waals surface area contributed by atoms with Crippen molar-refractivity contribution in [2.75, 3.05) is 26.2 Å². The third-order valence-electron chi connectivity index (χ3n) is 4.28. The zero-order valence-electron chi connectivity index (χ0n) is 14.7. The molecule has 1 unspecified atom stereocenters. The summed E-state index contributed by atoms with van der Waals surface area (Å²) in [4.78, 5) is 27.8. The summed E-state index contributed by atoms with van der Waals surface area (Å²) >= 11 is 0. The van der Waals surface area contributed by atoms with Crippen molar-refractivity contribution in [3.05, 3.63) is 29.8 Å². The summed E-state index contributed by atoms with van der Waals surface area (Å²) in [5, 5.41) is 0. The van der Waals surface area contributed by atoms with E-state index < -0.39 is 12.1 Å². The van der Waals surface area contributed by atoms with Crippen LogP contribution in [0.5, 0.6) is 5.75 Å². The number of carbonyl (C=O) groups is 2. The number of piperazine rings is 1. The van der Waals surface area contributed by atoms with Crippen molar-refractivity contribution in [1.29, 1.82) is 0 Å². The van der Waals surface area contributed by atoms with Crippen molar-refractivity contribution in [2.24, 2.45) is 5.73 Å². The molecule has 0 spiro atoms. The van der Waals surface area contributed by atoms with E-state index in [1.165, 1.54) is 5.56 Å². The highest BCUT2D eigenvalue weighted by molar-refractivity contribution is 5.83. The van der Waals surface area contributed by atoms with Gasteiger partial charge in [-0.05, 0) is 38.0 Å². The molecule has 2 rings (SSSR count). The lowest BCUT2D eigenvalue weighted by atomic mass is 10.2. The molecule has 1 saturated heterocycles. The van der Waals surface area contributed by atoms with E-state index in [0.29, 0.717) is 31.9 Å². The van der Waals surface area contributed by atoms with Crippen molar-refractivity contribution >= 4 is 11.8 Å². The fourth-order valence-corrected chi connectivity index (χ4v) is 2.75. The molecule has 1 aliphatic heterocycles. The third-order valence-corrected chi connectivity index (χ3v) is 4.28. The van der Waals surface area contributed by atoms with Gasteiger partial charge in [0.15, 0.2) is 6.10 Å². The Morgan fingerprint density at radius 2 is 1.54 bits per heavy atom. The first-order valence-electron chi connectivity index (χ1n) is 8.51.